The Morgan fingerprint density at radius 1 is 0.919 bits per heavy atom. The van der Waals surface area contributed by atoms with Crippen LogP contribution in [0, 0.1) is 17.0 Å². The van der Waals surface area contributed by atoms with Crippen molar-refractivity contribution in [3.63, 3.8) is 0 Å². The molecule has 0 radical (unpaired) electrons. The quantitative estimate of drug-likeness (QED) is 0.242. The number of benzene rings is 3. The van der Waals surface area contributed by atoms with Gasteiger partial charge in [0, 0.05) is 24.8 Å². The van der Waals surface area contributed by atoms with Crippen molar-refractivity contribution in [3.8, 4) is 22.8 Å². The number of nitrogens with zero attached hydrogens (tertiary/aromatic N) is 2. The molecule has 1 aliphatic rings. The number of pyridine rings is 1. The molecule has 1 amide bonds. The Balaban J connectivity index is 1.36. The molecule has 9 nitrogen and oxygen atoms in total. The maximum absolute atomic E-state index is 13.0. The van der Waals surface area contributed by atoms with E-state index < -0.39 is 4.92 Å². The number of aryl methyl sites for hydroxylation is 1. The van der Waals surface area contributed by atoms with Crippen molar-refractivity contribution in [1.82, 2.24) is 4.98 Å². The lowest BCUT2D eigenvalue weighted by atomic mass is 10.0. The van der Waals surface area contributed by atoms with Crippen molar-refractivity contribution < 1.29 is 19.2 Å². The summed E-state index contributed by atoms with van der Waals surface area (Å²) in [6.45, 7) is 2.43. The fraction of sp³-hybridized carbons (Fsp3) is 0.143. The standard InChI is InChI=1S/C28H24N4O5/c1-17-3-10-27(29-16-17)37-12-11-18-4-8-22-24(13-18)31-28(33)21-7-5-19(14-23(21)30-22)20-6-9-25(32(34)35)26(15-20)36-2/h3-10,13-16,30H,11-12H2,1-2H3,(H,31,33). The van der Waals surface area contributed by atoms with E-state index in [4.69, 9.17) is 9.47 Å². The summed E-state index contributed by atoms with van der Waals surface area (Å²) in [5.41, 5.74) is 6.05. The number of hydrogen-bond acceptors (Lipinski definition) is 7. The average Bonchev–Trinajstić information content (AvgIpc) is 3.04. The maximum atomic E-state index is 13.0. The molecule has 3 aromatic carbocycles. The molecule has 2 N–H and O–H groups in total. The summed E-state index contributed by atoms with van der Waals surface area (Å²) in [4.78, 5) is 28.0. The molecule has 0 unspecified atom stereocenters. The highest BCUT2D eigenvalue weighted by Gasteiger charge is 2.21. The van der Waals surface area contributed by atoms with Crippen molar-refractivity contribution in [2.45, 2.75) is 13.3 Å². The number of nitro groups is 1. The van der Waals surface area contributed by atoms with Crippen LogP contribution in [0.4, 0.5) is 22.7 Å². The van der Waals surface area contributed by atoms with Crippen LogP contribution < -0.4 is 20.1 Å². The van der Waals surface area contributed by atoms with Gasteiger partial charge in [-0.25, -0.2) is 4.98 Å². The monoisotopic (exact) mass is 496 g/mol. The number of rotatable bonds is 7. The second-order valence-electron chi connectivity index (χ2n) is 8.64. The van der Waals surface area contributed by atoms with Crippen LogP contribution in [-0.4, -0.2) is 29.5 Å². The van der Waals surface area contributed by atoms with E-state index in [1.165, 1.54) is 13.2 Å². The van der Waals surface area contributed by atoms with Gasteiger partial charge in [-0.05, 0) is 65.6 Å². The summed E-state index contributed by atoms with van der Waals surface area (Å²) in [6.07, 6.45) is 2.41. The number of nitro benzene ring substituents is 1. The van der Waals surface area contributed by atoms with Crippen molar-refractivity contribution in [1.29, 1.82) is 0 Å². The molecule has 37 heavy (non-hydrogen) atoms. The molecule has 186 valence electrons. The summed E-state index contributed by atoms with van der Waals surface area (Å²) < 4.78 is 10.9. The van der Waals surface area contributed by atoms with Crippen molar-refractivity contribution in [2.75, 3.05) is 24.4 Å². The van der Waals surface area contributed by atoms with Gasteiger partial charge in [0.15, 0.2) is 5.75 Å². The second-order valence-corrected chi connectivity index (χ2v) is 8.64. The Morgan fingerprint density at radius 2 is 1.73 bits per heavy atom. The zero-order valence-corrected chi connectivity index (χ0v) is 20.3. The molecule has 4 aromatic rings. The van der Waals surface area contributed by atoms with E-state index in [0.29, 0.717) is 35.8 Å². The lowest BCUT2D eigenvalue weighted by Crippen LogP contribution is -2.11. The lowest BCUT2D eigenvalue weighted by Gasteiger charge is -2.12. The second kappa shape index (κ2) is 9.98. The molecular weight excluding hydrogens is 472 g/mol. The van der Waals surface area contributed by atoms with E-state index in [1.807, 2.05) is 43.3 Å². The van der Waals surface area contributed by atoms with Crippen LogP contribution in [0.3, 0.4) is 0 Å². The number of ether oxygens (including phenoxy) is 2. The number of amides is 1. The topological polar surface area (TPSA) is 116 Å². The molecule has 1 aromatic heterocycles. The Labute approximate surface area is 213 Å². The number of aromatic nitrogens is 1. The molecule has 0 saturated heterocycles. The first-order chi connectivity index (χ1) is 17.9. The Bertz CT molecular complexity index is 1500. The zero-order valence-electron chi connectivity index (χ0n) is 20.3. The van der Waals surface area contributed by atoms with Crippen LogP contribution in [0.5, 0.6) is 11.6 Å². The molecule has 1 aliphatic heterocycles. The smallest absolute Gasteiger partial charge is 0.310 e. The number of anilines is 3. The molecule has 2 heterocycles. The number of fused-ring (bicyclic) bond motifs is 2. The van der Waals surface area contributed by atoms with Crippen molar-refractivity contribution >= 4 is 28.7 Å². The molecule has 0 spiro atoms. The largest absolute Gasteiger partial charge is 0.490 e. The van der Waals surface area contributed by atoms with Gasteiger partial charge in [0.2, 0.25) is 5.88 Å². The Morgan fingerprint density at radius 3 is 2.49 bits per heavy atom. The van der Waals surface area contributed by atoms with Crippen LogP contribution in [0.1, 0.15) is 21.5 Å². The van der Waals surface area contributed by atoms with Crippen LogP contribution in [0.2, 0.25) is 0 Å². The number of nitrogens with one attached hydrogen (secondary N) is 2. The SMILES string of the molecule is COc1cc(-c2ccc3c(c2)Nc2ccc(CCOc4ccc(C)cn4)cc2NC3=O)ccc1[N+](=O)[O-]. The summed E-state index contributed by atoms with van der Waals surface area (Å²) in [6, 6.07) is 19.7. The third-order valence-electron chi connectivity index (χ3n) is 6.10. The predicted octanol–water partition coefficient (Wildman–Crippen LogP) is 5.90. The van der Waals surface area contributed by atoms with E-state index in [2.05, 4.69) is 15.6 Å². The first-order valence-corrected chi connectivity index (χ1v) is 11.6. The normalized spacial score (nSPS) is 11.9. The summed E-state index contributed by atoms with van der Waals surface area (Å²) in [5, 5.41) is 17.6. The summed E-state index contributed by atoms with van der Waals surface area (Å²) >= 11 is 0. The van der Waals surface area contributed by atoms with E-state index in [-0.39, 0.29) is 17.3 Å². The van der Waals surface area contributed by atoms with Gasteiger partial charge in [-0.15, -0.1) is 0 Å². The minimum absolute atomic E-state index is 0.108. The van der Waals surface area contributed by atoms with Crippen LogP contribution in [0.15, 0.2) is 72.9 Å². The first-order valence-electron chi connectivity index (χ1n) is 11.6. The minimum atomic E-state index is -0.484. The Hall–Kier alpha value is -4.92. The van der Waals surface area contributed by atoms with Gasteiger partial charge in [0.25, 0.3) is 5.91 Å². The third-order valence-corrected chi connectivity index (χ3v) is 6.10. The summed E-state index contributed by atoms with van der Waals surface area (Å²) in [7, 11) is 1.39. The molecule has 0 atom stereocenters. The third kappa shape index (κ3) is 5.06. The van der Waals surface area contributed by atoms with Crippen LogP contribution >= 0.6 is 0 Å². The Kier molecular flexibility index (Phi) is 6.42. The molecular formula is C28H24N4O5. The van der Waals surface area contributed by atoms with Crippen LogP contribution in [-0.2, 0) is 6.42 Å². The number of carbonyl (C=O) groups is 1. The minimum Gasteiger partial charge on any atom is -0.490 e. The maximum Gasteiger partial charge on any atom is 0.310 e. The predicted molar refractivity (Wildman–Crippen MR) is 141 cm³/mol. The van der Waals surface area contributed by atoms with E-state index in [1.54, 1.807) is 30.5 Å². The average molecular weight is 497 g/mol. The number of hydrogen-bond donors (Lipinski definition) is 2. The zero-order chi connectivity index (χ0) is 25.9. The van der Waals surface area contributed by atoms with Gasteiger partial charge in [-0.2, -0.15) is 0 Å². The lowest BCUT2D eigenvalue weighted by molar-refractivity contribution is -0.385. The van der Waals surface area contributed by atoms with Crippen molar-refractivity contribution in [2.24, 2.45) is 0 Å². The van der Waals surface area contributed by atoms with Gasteiger partial charge in [-0.1, -0.05) is 18.2 Å². The number of carbonyl (C=O) groups excluding carboxylic acids is 1. The molecule has 9 heteroatoms. The van der Waals surface area contributed by atoms with Crippen LogP contribution in [0.25, 0.3) is 11.1 Å². The number of methoxy groups -OCH3 is 1. The fourth-order valence-electron chi connectivity index (χ4n) is 4.14. The molecule has 0 bridgehead atoms. The molecule has 0 saturated carbocycles. The van der Waals surface area contributed by atoms with Gasteiger partial charge < -0.3 is 20.1 Å². The highest BCUT2D eigenvalue weighted by Crippen LogP contribution is 2.37. The van der Waals surface area contributed by atoms with Gasteiger partial charge in [-0.3, -0.25) is 14.9 Å². The van der Waals surface area contributed by atoms with Crippen molar-refractivity contribution in [3.05, 3.63) is 99.7 Å². The van der Waals surface area contributed by atoms with Gasteiger partial charge in [0.1, 0.15) is 0 Å². The highest BCUT2D eigenvalue weighted by molar-refractivity contribution is 6.12. The fourth-order valence-corrected chi connectivity index (χ4v) is 4.14. The van der Waals surface area contributed by atoms with E-state index >= 15 is 0 Å². The van der Waals surface area contributed by atoms with Gasteiger partial charge >= 0.3 is 5.69 Å². The molecule has 0 fully saturated rings. The molecule has 5 rings (SSSR count). The van der Waals surface area contributed by atoms with E-state index in [9.17, 15) is 14.9 Å². The van der Waals surface area contributed by atoms with E-state index in [0.717, 1.165) is 27.9 Å². The first kappa shape index (κ1) is 23.8. The molecule has 0 aliphatic carbocycles. The highest BCUT2D eigenvalue weighted by atomic mass is 16.6. The van der Waals surface area contributed by atoms with Gasteiger partial charge in [0.05, 0.1) is 41.3 Å². The summed E-state index contributed by atoms with van der Waals surface area (Å²) in [5.74, 6) is 0.515.